The first-order valence-corrected chi connectivity index (χ1v) is 8.51. The number of hydrogen-bond donors (Lipinski definition) is 0. The van der Waals surface area contributed by atoms with E-state index < -0.39 is 11.7 Å². The van der Waals surface area contributed by atoms with Gasteiger partial charge in [-0.15, -0.1) is 0 Å². The summed E-state index contributed by atoms with van der Waals surface area (Å²) < 4.78 is 37.8. The van der Waals surface area contributed by atoms with Crippen LogP contribution < -0.4 is 0 Å². The van der Waals surface area contributed by atoms with Gasteiger partial charge in [-0.2, -0.15) is 13.2 Å². The summed E-state index contributed by atoms with van der Waals surface area (Å²) in [6.07, 6.45) is -3.00. The molecular formula is C18H15ClF3N3O2. The molecule has 0 bridgehead atoms. The van der Waals surface area contributed by atoms with Gasteiger partial charge in [-0.3, -0.25) is 14.6 Å². The zero-order valence-electron chi connectivity index (χ0n) is 14.0. The SMILES string of the molecule is O=C(c1ccc(C(F)(F)F)cc1)N1CCN(C(=O)c2cc(Cl)ccn2)CC1. The van der Waals surface area contributed by atoms with Crippen molar-refractivity contribution in [2.75, 3.05) is 26.2 Å². The van der Waals surface area contributed by atoms with E-state index in [9.17, 15) is 22.8 Å². The molecule has 1 fully saturated rings. The summed E-state index contributed by atoms with van der Waals surface area (Å²) in [4.78, 5) is 32.0. The van der Waals surface area contributed by atoms with Gasteiger partial charge >= 0.3 is 6.18 Å². The van der Waals surface area contributed by atoms with Gasteiger partial charge in [0, 0.05) is 43.0 Å². The molecule has 3 rings (SSSR count). The van der Waals surface area contributed by atoms with Gasteiger partial charge in [0.25, 0.3) is 11.8 Å². The second-order valence-corrected chi connectivity index (χ2v) is 6.46. The number of alkyl halides is 3. The van der Waals surface area contributed by atoms with Crippen LogP contribution in [0.1, 0.15) is 26.4 Å². The second kappa shape index (κ2) is 7.56. The van der Waals surface area contributed by atoms with Crippen LogP contribution in [0.25, 0.3) is 0 Å². The van der Waals surface area contributed by atoms with Gasteiger partial charge in [-0.1, -0.05) is 11.6 Å². The molecule has 9 heteroatoms. The molecule has 2 heterocycles. The average Bonchev–Trinajstić information content (AvgIpc) is 2.66. The topological polar surface area (TPSA) is 53.5 Å². The highest BCUT2D eigenvalue weighted by Gasteiger charge is 2.31. The molecule has 1 aliphatic heterocycles. The normalized spacial score (nSPS) is 15.0. The Morgan fingerprint density at radius 2 is 1.48 bits per heavy atom. The highest BCUT2D eigenvalue weighted by atomic mass is 35.5. The number of nitrogens with zero attached hydrogens (tertiary/aromatic N) is 3. The van der Waals surface area contributed by atoms with Crippen LogP contribution >= 0.6 is 11.6 Å². The molecule has 0 radical (unpaired) electrons. The van der Waals surface area contributed by atoms with E-state index >= 15 is 0 Å². The molecule has 0 saturated carbocycles. The zero-order chi connectivity index (χ0) is 19.6. The summed E-state index contributed by atoms with van der Waals surface area (Å²) in [7, 11) is 0. The van der Waals surface area contributed by atoms with Gasteiger partial charge in [0.2, 0.25) is 0 Å². The number of halogens is 4. The molecule has 142 valence electrons. The van der Waals surface area contributed by atoms with Gasteiger partial charge in [0.05, 0.1) is 5.56 Å². The molecule has 1 saturated heterocycles. The summed E-state index contributed by atoms with van der Waals surface area (Å²) in [5.74, 6) is -0.643. The van der Waals surface area contributed by atoms with Gasteiger partial charge in [0.15, 0.2) is 0 Å². The highest BCUT2D eigenvalue weighted by Crippen LogP contribution is 2.29. The number of aromatic nitrogens is 1. The van der Waals surface area contributed by atoms with Crippen LogP contribution in [0.4, 0.5) is 13.2 Å². The first kappa shape index (κ1) is 19.2. The van der Waals surface area contributed by atoms with E-state index in [1.165, 1.54) is 29.3 Å². The number of hydrogen-bond acceptors (Lipinski definition) is 3. The smallest absolute Gasteiger partial charge is 0.335 e. The molecule has 0 atom stereocenters. The van der Waals surface area contributed by atoms with Crippen molar-refractivity contribution in [1.29, 1.82) is 0 Å². The molecule has 0 unspecified atom stereocenters. The monoisotopic (exact) mass is 397 g/mol. The molecule has 2 aromatic rings. The van der Waals surface area contributed by atoms with Crippen LogP contribution in [0.15, 0.2) is 42.6 Å². The first-order chi connectivity index (χ1) is 12.8. The number of carbonyl (C=O) groups is 2. The van der Waals surface area contributed by atoms with Crippen molar-refractivity contribution in [3.8, 4) is 0 Å². The minimum Gasteiger partial charge on any atom is -0.335 e. The van der Waals surface area contributed by atoms with Crippen LogP contribution in [0.3, 0.4) is 0 Å². The maximum atomic E-state index is 12.6. The number of rotatable bonds is 2. The average molecular weight is 398 g/mol. The van der Waals surface area contributed by atoms with Crippen LogP contribution in [0.5, 0.6) is 0 Å². The van der Waals surface area contributed by atoms with E-state index in [4.69, 9.17) is 11.6 Å². The number of pyridine rings is 1. The Labute approximate surface area is 158 Å². The summed E-state index contributed by atoms with van der Waals surface area (Å²) in [5.41, 5.74) is -0.396. The van der Waals surface area contributed by atoms with Crippen molar-refractivity contribution in [3.05, 3.63) is 64.4 Å². The molecule has 1 aliphatic rings. The third-order valence-corrected chi connectivity index (χ3v) is 4.49. The Morgan fingerprint density at radius 3 is 2.00 bits per heavy atom. The van der Waals surface area contributed by atoms with Crippen molar-refractivity contribution in [2.45, 2.75) is 6.18 Å². The van der Waals surface area contributed by atoms with Gasteiger partial charge in [-0.25, -0.2) is 0 Å². The Balaban J connectivity index is 1.61. The Kier molecular flexibility index (Phi) is 5.36. The lowest BCUT2D eigenvalue weighted by atomic mass is 10.1. The number of benzene rings is 1. The van der Waals surface area contributed by atoms with E-state index in [-0.39, 0.29) is 36.2 Å². The Bertz CT molecular complexity index is 848. The minimum absolute atomic E-state index is 0.180. The molecule has 0 spiro atoms. The van der Waals surface area contributed by atoms with Crippen molar-refractivity contribution >= 4 is 23.4 Å². The van der Waals surface area contributed by atoms with Crippen LogP contribution in [0, 0.1) is 0 Å². The van der Waals surface area contributed by atoms with Crippen LogP contribution in [-0.2, 0) is 6.18 Å². The predicted molar refractivity (Wildman–Crippen MR) is 92.5 cm³/mol. The molecule has 0 aliphatic carbocycles. The number of carbonyl (C=O) groups excluding carboxylic acids is 2. The lowest BCUT2D eigenvalue weighted by Crippen LogP contribution is -2.50. The maximum absolute atomic E-state index is 12.6. The summed E-state index contributed by atoms with van der Waals surface area (Å²) in [5, 5.41) is 0.407. The third kappa shape index (κ3) is 4.39. The lowest BCUT2D eigenvalue weighted by Gasteiger charge is -2.34. The standard InChI is InChI=1S/C18H15ClF3N3O2/c19-14-5-6-23-15(11-14)17(27)25-9-7-24(8-10-25)16(26)12-1-3-13(4-2-12)18(20,21)22/h1-6,11H,7-10H2. The summed E-state index contributed by atoms with van der Waals surface area (Å²) in [6.45, 7) is 1.18. The highest BCUT2D eigenvalue weighted by molar-refractivity contribution is 6.30. The molecular weight excluding hydrogens is 383 g/mol. The Hall–Kier alpha value is -2.61. The van der Waals surface area contributed by atoms with Crippen molar-refractivity contribution in [2.24, 2.45) is 0 Å². The fourth-order valence-corrected chi connectivity index (χ4v) is 2.94. The van der Waals surface area contributed by atoms with E-state index in [1.807, 2.05) is 0 Å². The number of amides is 2. The summed E-state index contributed by atoms with van der Waals surface area (Å²) >= 11 is 5.87. The predicted octanol–water partition coefficient (Wildman–Crippen LogP) is 3.35. The lowest BCUT2D eigenvalue weighted by molar-refractivity contribution is -0.137. The summed E-state index contributed by atoms with van der Waals surface area (Å²) in [6, 6.07) is 7.15. The Morgan fingerprint density at radius 1 is 0.926 bits per heavy atom. The van der Waals surface area contributed by atoms with E-state index in [1.54, 1.807) is 11.0 Å². The van der Waals surface area contributed by atoms with Crippen molar-refractivity contribution < 1.29 is 22.8 Å². The van der Waals surface area contributed by atoms with Gasteiger partial charge in [-0.05, 0) is 36.4 Å². The maximum Gasteiger partial charge on any atom is 0.416 e. The van der Waals surface area contributed by atoms with E-state index in [2.05, 4.69) is 4.98 Å². The quantitative estimate of drug-likeness (QED) is 0.781. The third-order valence-electron chi connectivity index (χ3n) is 4.25. The second-order valence-electron chi connectivity index (χ2n) is 6.02. The van der Waals surface area contributed by atoms with Crippen molar-refractivity contribution in [3.63, 3.8) is 0 Å². The van der Waals surface area contributed by atoms with Crippen LogP contribution in [-0.4, -0.2) is 52.8 Å². The molecule has 2 amide bonds. The first-order valence-electron chi connectivity index (χ1n) is 8.13. The molecule has 1 aromatic carbocycles. The fraction of sp³-hybridized carbons (Fsp3) is 0.278. The van der Waals surface area contributed by atoms with Crippen LogP contribution in [0.2, 0.25) is 5.02 Å². The molecule has 5 nitrogen and oxygen atoms in total. The molecule has 27 heavy (non-hydrogen) atoms. The molecule has 1 aromatic heterocycles. The van der Waals surface area contributed by atoms with Crippen molar-refractivity contribution in [1.82, 2.24) is 14.8 Å². The van der Waals surface area contributed by atoms with Gasteiger partial charge in [0.1, 0.15) is 5.69 Å². The van der Waals surface area contributed by atoms with E-state index in [0.29, 0.717) is 18.1 Å². The minimum atomic E-state index is -4.44. The molecule has 0 N–H and O–H groups in total. The van der Waals surface area contributed by atoms with E-state index in [0.717, 1.165) is 12.1 Å². The number of piperazine rings is 1. The largest absolute Gasteiger partial charge is 0.416 e. The zero-order valence-corrected chi connectivity index (χ0v) is 14.8. The van der Waals surface area contributed by atoms with Gasteiger partial charge < -0.3 is 9.80 Å². The fourth-order valence-electron chi connectivity index (χ4n) is 2.78.